The highest BCUT2D eigenvalue weighted by Crippen LogP contribution is 2.37. The van der Waals surface area contributed by atoms with Crippen LogP contribution in [-0.4, -0.2) is 43.9 Å². The molecule has 0 saturated heterocycles. The zero-order valence-electron chi connectivity index (χ0n) is 16.2. The summed E-state index contributed by atoms with van der Waals surface area (Å²) in [6.45, 7) is 3.08. The molecule has 0 atom stereocenters. The Bertz CT molecular complexity index is 1110. The van der Waals surface area contributed by atoms with Gasteiger partial charge < -0.3 is 10.2 Å². The lowest BCUT2D eigenvalue weighted by Crippen LogP contribution is -2.37. The predicted octanol–water partition coefficient (Wildman–Crippen LogP) is 3.29. The van der Waals surface area contributed by atoms with Crippen molar-refractivity contribution < 1.29 is 14.0 Å². The fourth-order valence-corrected chi connectivity index (χ4v) is 3.60. The zero-order chi connectivity index (χ0) is 21.3. The molecule has 3 heterocycles. The van der Waals surface area contributed by atoms with Gasteiger partial charge in [0.05, 0.1) is 18.8 Å². The summed E-state index contributed by atoms with van der Waals surface area (Å²) in [6, 6.07) is 9.67. The second kappa shape index (κ2) is 8.23. The lowest BCUT2D eigenvalue weighted by atomic mass is 9.98. The third kappa shape index (κ3) is 3.91. The molecule has 7 nitrogen and oxygen atoms in total. The molecule has 4 rings (SSSR count). The van der Waals surface area contributed by atoms with Gasteiger partial charge >= 0.3 is 0 Å². The molecule has 1 aliphatic heterocycles. The van der Waals surface area contributed by atoms with E-state index >= 15 is 0 Å². The number of fused-ring (bicyclic) bond motifs is 1. The molecule has 0 spiro atoms. The third-order valence-electron chi connectivity index (χ3n) is 4.98. The van der Waals surface area contributed by atoms with E-state index in [1.165, 1.54) is 12.1 Å². The summed E-state index contributed by atoms with van der Waals surface area (Å²) in [5.41, 5.74) is 3.90. The Morgan fingerprint density at radius 3 is 2.63 bits per heavy atom. The number of rotatable bonds is 4. The van der Waals surface area contributed by atoms with Gasteiger partial charge in [0.25, 0.3) is 0 Å². The average molecular weight is 428 g/mol. The molecule has 154 valence electrons. The second-order valence-corrected chi connectivity index (χ2v) is 7.22. The first kappa shape index (κ1) is 20.0. The van der Waals surface area contributed by atoms with Gasteiger partial charge in [0, 0.05) is 30.8 Å². The molecule has 0 saturated carbocycles. The van der Waals surface area contributed by atoms with Crippen LogP contribution in [0.3, 0.4) is 0 Å². The van der Waals surface area contributed by atoms with E-state index in [4.69, 9.17) is 16.7 Å². The molecule has 1 N–H and O–H groups in total. The van der Waals surface area contributed by atoms with Crippen LogP contribution in [0.1, 0.15) is 12.6 Å². The van der Waals surface area contributed by atoms with E-state index in [9.17, 15) is 14.0 Å². The quantitative estimate of drug-likeness (QED) is 0.648. The minimum Gasteiger partial charge on any atom is -0.335 e. The van der Waals surface area contributed by atoms with E-state index < -0.39 is 0 Å². The number of amides is 2. The Balaban J connectivity index is 1.86. The second-order valence-electron chi connectivity index (χ2n) is 6.95. The predicted molar refractivity (Wildman–Crippen MR) is 111 cm³/mol. The minimum atomic E-state index is -0.361. The Labute approximate surface area is 177 Å². The van der Waals surface area contributed by atoms with Gasteiger partial charge in [-0.3, -0.25) is 14.3 Å². The van der Waals surface area contributed by atoms with Crippen LogP contribution < -0.4 is 5.32 Å². The number of pyridine rings is 1. The number of hydrogen-bond acceptors (Lipinski definition) is 4. The molecule has 0 unspecified atom stereocenters. The number of carbonyl (C=O) groups is 2. The molecule has 2 amide bonds. The number of hydrogen-bond donors (Lipinski definition) is 1. The van der Waals surface area contributed by atoms with Crippen LogP contribution in [0.4, 0.5) is 10.2 Å². The van der Waals surface area contributed by atoms with E-state index in [0.29, 0.717) is 31.1 Å². The number of aromatic nitrogens is 3. The van der Waals surface area contributed by atoms with Gasteiger partial charge in [-0.1, -0.05) is 0 Å². The highest BCUT2D eigenvalue weighted by atomic mass is 35.5. The van der Waals surface area contributed by atoms with E-state index in [1.54, 1.807) is 36.2 Å². The van der Waals surface area contributed by atoms with Crippen molar-refractivity contribution in [3.63, 3.8) is 0 Å². The fraction of sp³-hybridized carbons (Fsp3) is 0.238. The maximum Gasteiger partial charge on any atom is 0.240 e. The molecular weight excluding hydrogens is 409 g/mol. The maximum atomic E-state index is 13.5. The topological polar surface area (TPSA) is 80.1 Å². The molecule has 9 heteroatoms. The standard InChI is InChI=1S/C21H19ClFN5O2/c1-13(29)27-8-9-28-17(12-27)20(21(26-28)14-2-4-16(23)5-3-14)15-6-7-24-18(10-15)25-19(30)11-22/h2-7,10H,8-9,11-12H2,1H3,(H,24,25,30). The normalized spacial score (nSPS) is 13.1. The zero-order valence-corrected chi connectivity index (χ0v) is 17.0. The van der Waals surface area contributed by atoms with Crippen LogP contribution in [0.15, 0.2) is 42.6 Å². The van der Waals surface area contributed by atoms with Crippen molar-refractivity contribution in [2.24, 2.45) is 0 Å². The summed E-state index contributed by atoms with van der Waals surface area (Å²) in [5.74, 6) is -0.519. The van der Waals surface area contributed by atoms with Crippen LogP contribution in [0, 0.1) is 5.82 Å². The molecule has 0 aliphatic carbocycles. The van der Waals surface area contributed by atoms with Crippen molar-refractivity contribution >= 4 is 29.2 Å². The van der Waals surface area contributed by atoms with Gasteiger partial charge in [-0.25, -0.2) is 9.37 Å². The molecule has 0 fully saturated rings. The minimum absolute atomic E-state index is 0.0125. The first-order valence-electron chi connectivity index (χ1n) is 9.39. The van der Waals surface area contributed by atoms with Crippen molar-refractivity contribution in [2.45, 2.75) is 20.0 Å². The first-order chi connectivity index (χ1) is 14.5. The molecule has 30 heavy (non-hydrogen) atoms. The molecule has 2 aromatic heterocycles. The first-order valence-corrected chi connectivity index (χ1v) is 9.93. The van der Waals surface area contributed by atoms with Gasteiger partial charge in [-0.15, -0.1) is 11.6 Å². The van der Waals surface area contributed by atoms with Gasteiger partial charge in [-0.05, 0) is 42.0 Å². The number of anilines is 1. The molecule has 1 aromatic carbocycles. The monoisotopic (exact) mass is 427 g/mol. The van der Waals surface area contributed by atoms with Gasteiger partial charge in [0.2, 0.25) is 11.8 Å². The highest BCUT2D eigenvalue weighted by molar-refractivity contribution is 6.29. The summed E-state index contributed by atoms with van der Waals surface area (Å²) >= 11 is 5.58. The highest BCUT2D eigenvalue weighted by Gasteiger charge is 2.27. The lowest BCUT2D eigenvalue weighted by Gasteiger charge is -2.27. The van der Waals surface area contributed by atoms with Crippen molar-refractivity contribution in [1.82, 2.24) is 19.7 Å². The summed E-state index contributed by atoms with van der Waals surface area (Å²) in [5, 5.41) is 7.40. The third-order valence-corrected chi connectivity index (χ3v) is 5.22. The van der Waals surface area contributed by atoms with Crippen LogP contribution in [0.2, 0.25) is 0 Å². The summed E-state index contributed by atoms with van der Waals surface area (Å²) in [7, 11) is 0. The number of nitrogens with zero attached hydrogens (tertiary/aromatic N) is 4. The van der Waals surface area contributed by atoms with Gasteiger partial charge in [0.1, 0.15) is 23.2 Å². The Morgan fingerprint density at radius 2 is 1.93 bits per heavy atom. The molecule has 3 aromatic rings. The van der Waals surface area contributed by atoms with E-state index in [-0.39, 0.29) is 23.5 Å². The number of alkyl halides is 1. The Kier molecular flexibility index (Phi) is 5.50. The largest absolute Gasteiger partial charge is 0.335 e. The van der Waals surface area contributed by atoms with Crippen molar-refractivity contribution in [3.05, 3.63) is 54.1 Å². The van der Waals surface area contributed by atoms with E-state index in [2.05, 4.69) is 10.3 Å². The number of halogens is 2. The summed E-state index contributed by atoms with van der Waals surface area (Å²) < 4.78 is 15.4. The van der Waals surface area contributed by atoms with E-state index in [0.717, 1.165) is 22.4 Å². The van der Waals surface area contributed by atoms with Crippen LogP contribution in [0.5, 0.6) is 0 Å². The Hall–Kier alpha value is -3.26. The summed E-state index contributed by atoms with van der Waals surface area (Å²) in [4.78, 5) is 29.6. The van der Waals surface area contributed by atoms with Crippen LogP contribution in [-0.2, 0) is 22.7 Å². The van der Waals surface area contributed by atoms with Gasteiger partial charge in [0.15, 0.2) is 0 Å². The average Bonchev–Trinajstić information content (AvgIpc) is 3.13. The van der Waals surface area contributed by atoms with Crippen LogP contribution in [0.25, 0.3) is 22.4 Å². The van der Waals surface area contributed by atoms with Crippen molar-refractivity contribution in [2.75, 3.05) is 17.7 Å². The van der Waals surface area contributed by atoms with Crippen molar-refractivity contribution in [3.8, 4) is 22.4 Å². The fourth-order valence-electron chi connectivity index (χ4n) is 3.53. The molecular formula is C21H19ClFN5O2. The van der Waals surface area contributed by atoms with Crippen LogP contribution >= 0.6 is 11.6 Å². The van der Waals surface area contributed by atoms with E-state index in [1.807, 2.05) is 10.7 Å². The van der Waals surface area contributed by atoms with Gasteiger partial charge in [-0.2, -0.15) is 5.10 Å². The smallest absolute Gasteiger partial charge is 0.240 e. The molecule has 1 aliphatic rings. The number of benzene rings is 1. The number of nitrogens with one attached hydrogen (secondary N) is 1. The molecule has 0 radical (unpaired) electrons. The lowest BCUT2D eigenvalue weighted by molar-refractivity contribution is -0.130. The Morgan fingerprint density at radius 1 is 1.17 bits per heavy atom. The summed E-state index contributed by atoms with van der Waals surface area (Å²) in [6.07, 6.45) is 1.59. The maximum absolute atomic E-state index is 13.5. The number of carbonyl (C=O) groups excluding carboxylic acids is 2. The van der Waals surface area contributed by atoms with Crippen molar-refractivity contribution in [1.29, 1.82) is 0 Å². The molecule has 0 bridgehead atoms. The SMILES string of the molecule is CC(=O)N1CCn2nc(-c3ccc(F)cc3)c(-c3ccnc(NC(=O)CCl)c3)c2C1.